The van der Waals surface area contributed by atoms with Crippen LogP contribution >= 0.6 is 0 Å². The van der Waals surface area contributed by atoms with Crippen molar-refractivity contribution in [1.29, 1.82) is 0 Å². The lowest BCUT2D eigenvalue weighted by Gasteiger charge is -2.59. The summed E-state index contributed by atoms with van der Waals surface area (Å²) in [7, 11) is 2.91. The fourth-order valence-electron chi connectivity index (χ4n) is 9.25. The van der Waals surface area contributed by atoms with E-state index >= 15 is 0 Å². The molecule has 51 heavy (non-hydrogen) atoms. The number of benzene rings is 2. The standard InChI is InChI=1S/C37H45F3N8O3/c1-20-5-4-6-26(33(49)42-2)31(20)46-32-27(37(38,39)40)18-43-35(47-32)45-28-10-9-25(15-30(28)51-3)44-34(50)36-16-21-7-8-23(36)14-29(22(13-21)17-36)48-12-11-24(41)19-48/h4-6,9-10,15,18,21-24,29H,7-8,11-14,16-17,19,41H2,1-3H3,(H,42,49)(H,44,50)(H2,43,45,46,47)/t21?,22?,23?,24-,29-,36-/m0/s1. The summed E-state index contributed by atoms with van der Waals surface area (Å²) >= 11 is 0. The number of amides is 2. The van der Waals surface area contributed by atoms with E-state index in [9.17, 15) is 22.8 Å². The van der Waals surface area contributed by atoms with E-state index in [1.807, 2.05) is 0 Å². The molecule has 3 saturated carbocycles. The minimum Gasteiger partial charge on any atom is -0.494 e. The number of anilines is 5. The third-order valence-electron chi connectivity index (χ3n) is 11.7. The number of fused-ring (bicyclic) bond motifs is 2. The maximum absolute atomic E-state index is 14.2. The smallest absolute Gasteiger partial charge is 0.421 e. The highest BCUT2D eigenvalue weighted by molar-refractivity contribution is 6.01. The number of rotatable bonds is 9. The predicted octanol–water partition coefficient (Wildman–Crippen LogP) is 6.22. The van der Waals surface area contributed by atoms with Crippen LogP contribution in [-0.2, 0) is 11.0 Å². The number of para-hydroxylation sites is 1. The largest absolute Gasteiger partial charge is 0.494 e. The van der Waals surface area contributed by atoms with Gasteiger partial charge >= 0.3 is 6.18 Å². The molecule has 3 aromatic rings. The number of nitrogens with two attached hydrogens (primary N) is 1. The van der Waals surface area contributed by atoms with Gasteiger partial charge in [-0.1, -0.05) is 18.6 Å². The molecule has 14 heteroatoms. The molecule has 1 aliphatic heterocycles. The number of ether oxygens (including phenoxy) is 1. The molecule has 6 N–H and O–H groups in total. The van der Waals surface area contributed by atoms with Crippen LogP contribution in [0.1, 0.15) is 66.4 Å². The van der Waals surface area contributed by atoms with Crippen molar-refractivity contribution in [3.05, 3.63) is 59.3 Å². The molecule has 2 aromatic carbocycles. The monoisotopic (exact) mass is 706 g/mol. The van der Waals surface area contributed by atoms with Crippen LogP contribution in [-0.4, -0.2) is 66.0 Å². The Labute approximate surface area is 295 Å². The molecular weight excluding hydrogens is 661 g/mol. The van der Waals surface area contributed by atoms with Gasteiger partial charge in [0.05, 0.1) is 29.5 Å². The molecule has 4 aliphatic rings. The van der Waals surface area contributed by atoms with Crippen molar-refractivity contribution in [3.8, 4) is 5.75 Å². The van der Waals surface area contributed by atoms with E-state index in [2.05, 4.69) is 36.1 Å². The second kappa shape index (κ2) is 13.6. The number of likely N-dealkylation sites (tertiary alicyclic amines) is 1. The van der Waals surface area contributed by atoms with E-state index in [1.54, 1.807) is 37.3 Å². The second-order valence-corrected chi connectivity index (χ2v) is 14.7. The summed E-state index contributed by atoms with van der Waals surface area (Å²) in [5, 5.41) is 11.4. The van der Waals surface area contributed by atoms with Gasteiger partial charge in [-0.05, 0) is 87.0 Å². The molecule has 3 unspecified atom stereocenters. The van der Waals surface area contributed by atoms with Crippen molar-refractivity contribution in [2.45, 2.75) is 70.1 Å². The van der Waals surface area contributed by atoms with E-state index in [-0.39, 0.29) is 29.1 Å². The molecule has 3 aliphatic carbocycles. The van der Waals surface area contributed by atoms with Crippen molar-refractivity contribution in [3.63, 3.8) is 0 Å². The van der Waals surface area contributed by atoms with E-state index in [0.717, 1.165) is 45.2 Å². The summed E-state index contributed by atoms with van der Waals surface area (Å²) in [4.78, 5) is 37.4. The van der Waals surface area contributed by atoms with Crippen LogP contribution in [0, 0.1) is 30.1 Å². The minimum atomic E-state index is -4.77. The number of hydrogen-bond donors (Lipinski definition) is 5. The molecule has 3 bridgehead atoms. The molecule has 2 heterocycles. The quantitative estimate of drug-likeness (QED) is 0.175. The summed E-state index contributed by atoms with van der Waals surface area (Å²) in [5.74, 6) is 0.642. The molecule has 1 aromatic heterocycles. The van der Waals surface area contributed by atoms with Crippen molar-refractivity contribution in [2.24, 2.45) is 28.9 Å². The third-order valence-corrected chi connectivity index (χ3v) is 11.7. The second-order valence-electron chi connectivity index (χ2n) is 14.7. The van der Waals surface area contributed by atoms with Gasteiger partial charge in [0.15, 0.2) is 0 Å². The Morgan fingerprint density at radius 2 is 1.90 bits per heavy atom. The number of aromatic nitrogens is 2. The normalized spacial score (nSPS) is 27.2. The first-order valence-corrected chi connectivity index (χ1v) is 17.7. The Bertz CT molecular complexity index is 1820. The molecule has 6 atom stereocenters. The van der Waals surface area contributed by atoms with Gasteiger partial charge in [0.25, 0.3) is 5.91 Å². The number of halogens is 3. The average molecular weight is 707 g/mol. The molecule has 0 spiro atoms. The number of nitrogens with one attached hydrogen (secondary N) is 4. The predicted molar refractivity (Wildman–Crippen MR) is 188 cm³/mol. The Kier molecular flexibility index (Phi) is 9.34. The van der Waals surface area contributed by atoms with Crippen LogP contribution in [0.25, 0.3) is 0 Å². The van der Waals surface area contributed by atoms with E-state index in [0.29, 0.717) is 52.7 Å². The number of carbonyl (C=O) groups is 2. The number of methoxy groups -OCH3 is 1. The molecule has 2 amide bonds. The zero-order valence-corrected chi connectivity index (χ0v) is 29.1. The Morgan fingerprint density at radius 3 is 2.63 bits per heavy atom. The summed E-state index contributed by atoms with van der Waals surface area (Å²) in [6.07, 6.45) is 3.21. The topological polar surface area (TPSA) is 147 Å². The third kappa shape index (κ3) is 6.71. The fraction of sp³-hybridized carbons (Fsp3) is 0.514. The minimum absolute atomic E-state index is 0.0513. The summed E-state index contributed by atoms with van der Waals surface area (Å²) in [6.45, 7) is 3.67. The van der Waals surface area contributed by atoms with Crippen LogP contribution in [0.3, 0.4) is 0 Å². The van der Waals surface area contributed by atoms with Crippen molar-refractivity contribution < 1.29 is 27.5 Å². The van der Waals surface area contributed by atoms with E-state index in [1.165, 1.54) is 33.1 Å². The van der Waals surface area contributed by atoms with Crippen LogP contribution in [0.15, 0.2) is 42.6 Å². The Balaban J connectivity index is 1.11. The first-order valence-electron chi connectivity index (χ1n) is 17.7. The van der Waals surface area contributed by atoms with Crippen LogP contribution in [0.5, 0.6) is 5.75 Å². The molecule has 0 radical (unpaired) electrons. The highest BCUT2D eigenvalue weighted by atomic mass is 19.4. The number of aryl methyl sites for hydroxylation is 1. The van der Waals surface area contributed by atoms with E-state index in [4.69, 9.17) is 10.5 Å². The zero-order valence-electron chi connectivity index (χ0n) is 29.1. The zero-order chi connectivity index (χ0) is 36.1. The van der Waals surface area contributed by atoms with Gasteiger partial charge in [0.1, 0.15) is 17.1 Å². The van der Waals surface area contributed by atoms with Crippen molar-refractivity contribution in [2.75, 3.05) is 43.2 Å². The maximum Gasteiger partial charge on any atom is 0.421 e. The lowest BCUT2D eigenvalue weighted by Crippen LogP contribution is -2.59. The fourth-order valence-corrected chi connectivity index (χ4v) is 9.25. The maximum atomic E-state index is 14.2. The van der Waals surface area contributed by atoms with Crippen LogP contribution in [0.4, 0.5) is 42.0 Å². The lowest BCUT2D eigenvalue weighted by molar-refractivity contribution is -0.149. The van der Waals surface area contributed by atoms with Gasteiger partial charge in [0, 0.05) is 50.2 Å². The van der Waals surface area contributed by atoms with Gasteiger partial charge in [-0.2, -0.15) is 18.2 Å². The molecule has 1 saturated heterocycles. The summed E-state index contributed by atoms with van der Waals surface area (Å²) in [6, 6.07) is 10.7. The Morgan fingerprint density at radius 1 is 1.08 bits per heavy atom. The number of hydrogen-bond acceptors (Lipinski definition) is 9. The highest BCUT2D eigenvalue weighted by Gasteiger charge is 2.59. The molecule has 272 valence electrons. The number of carbonyl (C=O) groups excluding carboxylic acids is 2. The van der Waals surface area contributed by atoms with Gasteiger partial charge in [-0.15, -0.1) is 0 Å². The highest BCUT2D eigenvalue weighted by Crippen LogP contribution is 2.61. The molecule has 7 rings (SSSR count). The van der Waals surface area contributed by atoms with Gasteiger partial charge in [-0.25, -0.2) is 4.98 Å². The van der Waals surface area contributed by atoms with Gasteiger partial charge in [0.2, 0.25) is 11.9 Å². The molecule has 11 nitrogen and oxygen atoms in total. The summed E-state index contributed by atoms with van der Waals surface area (Å²) in [5.41, 5.74) is 6.64. The molecular formula is C37H45F3N8O3. The van der Waals surface area contributed by atoms with Gasteiger partial charge in [-0.3, -0.25) is 14.5 Å². The van der Waals surface area contributed by atoms with Crippen molar-refractivity contribution >= 4 is 40.6 Å². The molecule has 4 fully saturated rings. The lowest BCUT2D eigenvalue weighted by atomic mass is 9.48. The van der Waals surface area contributed by atoms with Gasteiger partial charge < -0.3 is 31.7 Å². The summed E-state index contributed by atoms with van der Waals surface area (Å²) < 4.78 is 47.9. The van der Waals surface area contributed by atoms with E-state index < -0.39 is 28.9 Å². The van der Waals surface area contributed by atoms with Crippen molar-refractivity contribution in [1.82, 2.24) is 20.2 Å². The SMILES string of the molecule is CNC(=O)c1cccc(C)c1Nc1nc(Nc2ccc(NC(=O)[C@]34CC5CCC3C[C@H](N3CC[C@H](N)C3)C(C5)C4)cc2OC)ncc1C(F)(F)F. The average Bonchev–Trinajstić information content (AvgIpc) is 3.53. The first-order chi connectivity index (χ1) is 24.4. The van der Waals surface area contributed by atoms with Crippen LogP contribution in [0.2, 0.25) is 0 Å². The number of alkyl halides is 3. The first kappa shape index (κ1) is 35.0. The Hall–Kier alpha value is -4.43. The van der Waals surface area contributed by atoms with Crippen LogP contribution < -0.4 is 31.7 Å². The number of nitrogens with zero attached hydrogens (tertiary/aromatic N) is 3.